The molecule has 0 fully saturated rings. The van der Waals surface area contributed by atoms with Gasteiger partial charge in [0, 0.05) is 46.5 Å². The van der Waals surface area contributed by atoms with Crippen LogP contribution < -0.4 is 4.90 Å². The second kappa shape index (κ2) is 7.29. The second-order valence-electron chi connectivity index (χ2n) is 5.42. The molecule has 0 saturated heterocycles. The molecule has 24 heavy (non-hydrogen) atoms. The average Bonchev–Trinajstić information content (AvgIpc) is 3.13. The van der Waals surface area contributed by atoms with Crippen LogP contribution in [0.1, 0.15) is 19.4 Å². The van der Waals surface area contributed by atoms with Gasteiger partial charge < -0.3 is 4.90 Å². The third-order valence-electron chi connectivity index (χ3n) is 4.09. The maximum absolute atomic E-state index is 9.24. The van der Waals surface area contributed by atoms with E-state index < -0.39 is 0 Å². The van der Waals surface area contributed by atoms with Gasteiger partial charge >= 0.3 is 0 Å². The number of anilines is 1. The van der Waals surface area contributed by atoms with E-state index in [2.05, 4.69) is 66.2 Å². The van der Waals surface area contributed by atoms with E-state index in [0.29, 0.717) is 5.56 Å². The quantitative estimate of drug-likeness (QED) is 0.644. The molecular weight excluding hydrogens is 314 g/mol. The number of pyridine rings is 1. The molecule has 0 unspecified atom stereocenters. The summed E-state index contributed by atoms with van der Waals surface area (Å²) in [7, 11) is 0. The predicted molar refractivity (Wildman–Crippen MR) is 101 cm³/mol. The lowest BCUT2D eigenvalue weighted by atomic mass is 10.1. The van der Waals surface area contributed by atoms with Crippen LogP contribution in [-0.4, -0.2) is 18.1 Å². The Balaban J connectivity index is 1.90. The summed E-state index contributed by atoms with van der Waals surface area (Å²) in [6, 6.07) is 17.0. The first-order valence-electron chi connectivity index (χ1n) is 8.06. The predicted octanol–water partition coefficient (Wildman–Crippen LogP) is 5.19. The zero-order valence-corrected chi connectivity index (χ0v) is 14.7. The van der Waals surface area contributed by atoms with Gasteiger partial charge in [-0.3, -0.25) is 4.98 Å². The summed E-state index contributed by atoms with van der Waals surface area (Å²) in [5.41, 5.74) is 4.02. The highest BCUT2D eigenvalue weighted by Gasteiger charge is 2.09. The third-order valence-corrected chi connectivity index (χ3v) is 5.26. The zero-order chi connectivity index (χ0) is 16.9. The number of nitriles is 1. The van der Waals surface area contributed by atoms with Gasteiger partial charge in [-0.25, -0.2) is 0 Å². The Morgan fingerprint density at radius 3 is 2.38 bits per heavy atom. The molecule has 0 radical (unpaired) electrons. The summed E-state index contributed by atoms with van der Waals surface area (Å²) >= 11 is 1.70. The van der Waals surface area contributed by atoms with Crippen LogP contribution in [0.3, 0.4) is 0 Å². The molecule has 3 aromatic rings. The number of rotatable bonds is 5. The molecule has 120 valence electrons. The van der Waals surface area contributed by atoms with Crippen molar-refractivity contribution in [1.29, 1.82) is 5.26 Å². The van der Waals surface area contributed by atoms with Gasteiger partial charge in [0.25, 0.3) is 0 Å². The van der Waals surface area contributed by atoms with E-state index >= 15 is 0 Å². The lowest BCUT2D eigenvalue weighted by molar-refractivity contribution is 0.866. The summed E-state index contributed by atoms with van der Waals surface area (Å²) in [5, 5.41) is 9.24. The highest BCUT2D eigenvalue weighted by Crippen LogP contribution is 2.36. The van der Waals surface area contributed by atoms with Crippen molar-refractivity contribution in [2.24, 2.45) is 0 Å². The second-order valence-corrected chi connectivity index (χ2v) is 6.50. The molecule has 0 bridgehead atoms. The van der Waals surface area contributed by atoms with Crippen molar-refractivity contribution in [3.8, 4) is 27.0 Å². The van der Waals surface area contributed by atoms with Gasteiger partial charge in [-0.15, -0.1) is 11.3 Å². The van der Waals surface area contributed by atoms with Crippen molar-refractivity contribution in [3.05, 3.63) is 60.4 Å². The minimum absolute atomic E-state index is 0.614. The van der Waals surface area contributed by atoms with Gasteiger partial charge in [0.15, 0.2) is 0 Å². The molecule has 2 heterocycles. The van der Waals surface area contributed by atoms with Crippen LogP contribution >= 0.6 is 11.3 Å². The van der Waals surface area contributed by atoms with Gasteiger partial charge in [-0.05, 0) is 49.7 Å². The fourth-order valence-corrected chi connectivity index (χ4v) is 3.81. The molecule has 0 saturated carbocycles. The molecule has 0 N–H and O–H groups in total. The highest BCUT2D eigenvalue weighted by atomic mass is 32.1. The van der Waals surface area contributed by atoms with Crippen molar-refractivity contribution in [2.45, 2.75) is 13.8 Å². The van der Waals surface area contributed by atoms with E-state index in [1.807, 2.05) is 6.07 Å². The molecule has 0 spiro atoms. The van der Waals surface area contributed by atoms with Gasteiger partial charge in [0.2, 0.25) is 0 Å². The van der Waals surface area contributed by atoms with Crippen LogP contribution in [0, 0.1) is 11.3 Å². The van der Waals surface area contributed by atoms with Crippen molar-refractivity contribution in [1.82, 2.24) is 4.98 Å². The molecular formula is C20H19N3S. The smallest absolute Gasteiger partial charge is 0.101 e. The van der Waals surface area contributed by atoms with E-state index in [0.717, 1.165) is 23.5 Å². The van der Waals surface area contributed by atoms with Crippen molar-refractivity contribution in [2.75, 3.05) is 18.0 Å². The maximum atomic E-state index is 9.24. The molecule has 1 aromatic carbocycles. The Hall–Kier alpha value is -2.64. The first-order valence-corrected chi connectivity index (χ1v) is 8.88. The van der Waals surface area contributed by atoms with Crippen LogP contribution in [0.5, 0.6) is 0 Å². The topological polar surface area (TPSA) is 39.9 Å². The van der Waals surface area contributed by atoms with E-state index in [-0.39, 0.29) is 0 Å². The zero-order valence-electron chi connectivity index (χ0n) is 13.9. The maximum Gasteiger partial charge on any atom is 0.101 e. The van der Waals surface area contributed by atoms with Crippen LogP contribution in [0.25, 0.3) is 20.9 Å². The Morgan fingerprint density at radius 1 is 1.00 bits per heavy atom. The molecule has 4 heteroatoms. The number of aromatic nitrogens is 1. The van der Waals surface area contributed by atoms with Crippen molar-refractivity contribution < 1.29 is 0 Å². The van der Waals surface area contributed by atoms with Gasteiger partial charge in [0.05, 0.1) is 5.56 Å². The number of thiophene rings is 1. The van der Waals surface area contributed by atoms with E-state index in [1.54, 1.807) is 23.7 Å². The molecule has 3 nitrogen and oxygen atoms in total. The Bertz CT molecular complexity index is 855. The lowest BCUT2D eigenvalue weighted by Gasteiger charge is -2.21. The normalized spacial score (nSPS) is 10.4. The van der Waals surface area contributed by atoms with Gasteiger partial charge in [-0.2, -0.15) is 5.26 Å². The number of hydrogen-bond donors (Lipinski definition) is 0. The van der Waals surface area contributed by atoms with Gasteiger partial charge in [-0.1, -0.05) is 12.1 Å². The molecule has 0 aliphatic heterocycles. The summed E-state index contributed by atoms with van der Waals surface area (Å²) in [5.74, 6) is 0. The fourth-order valence-electron chi connectivity index (χ4n) is 2.76. The largest absolute Gasteiger partial charge is 0.372 e. The van der Waals surface area contributed by atoms with Crippen molar-refractivity contribution in [3.63, 3.8) is 0 Å². The first-order chi connectivity index (χ1) is 11.8. The molecule has 2 aromatic heterocycles. The summed E-state index contributed by atoms with van der Waals surface area (Å²) in [6.07, 6.45) is 3.35. The minimum Gasteiger partial charge on any atom is -0.372 e. The molecule has 3 rings (SSSR count). The van der Waals surface area contributed by atoms with Gasteiger partial charge in [0.1, 0.15) is 6.07 Å². The van der Waals surface area contributed by atoms with E-state index in [4.69, 9.17) is 0 Å². The third kappa shape index (κ3) is 3.17. The summed E-state index contributed by atoms with van der Waals surface area (Å²) in [6.45, 7) is 6.37. The standard InChI is InChI=1S/C20H19N3S/c1-3-23(4-2)17-7-5-15(6-8-17)19-9-10-20(24-19)18-11-12-22-14-16(18)13-21/h5-12,14H,3-4H2,1-2H3. The monoisotopic (exact) mass is 333 g/mol. The SMILES string of the molecule is CCN(CC)c1ccc(-c2ccc(-c3ccncc3C#N)s2)cc1. The lowest BCUT2D eigenvalue weighted by Crippen LogP contribution is -2.21. The number of hydrogen-bond acceptors (Lipinski definition) is 4. The van der Waals surface area contributed by atoms with E-state index in [1.165, 1.54) is 16.1 Å². The number of benzene rings is 1. The van der Waals surface area contributed by atoms with Crippen molar-refractivity contribution >= 4 is 17.0 Å². The van der Waals surface area contributed by atoms with E-state index in [9.17, 15) is 5.26 Å². The van der Waals surface area contributed by atoms with Crippen LogP contribution in [0.2, 0.25) is 0 Å². The Kier molecular flexibility index (Phi) is 4.93. The Morgan fingerprint density at radius 2 is 1.71 bits per heavy atom. The Labute approximate surface area is 146 Å². The van der Waals surface area contributed by atoms with Crippen LogP contribution in [0.15, 0.2) is 54.9 Å². The molecule has 0 atom stereocenters. The molecule has 0 amide bonds. The number of nitrogens with zero attached hydrogens (tertiary/aromatic N) is 3. The molecule has 0 aliphatic carbocycles. The van der Waals surface area contributed by atoms with Crippen LogP contribution in [0.4, 0.5) is 5.69 Å². The highest BCUT2D eigenvalue weighted by molar-refractivity contribution is 7.18. The summed E-state index contributed by atoms with van der Waals surface area (Å²) < 4.78 is 0. The first kappa shape index (κ1) is 16.2. The minimum atomic E-state index is 0.614. The average molecular weight is 333 g/mol. The van der Waals surface area contributed by atoms with Crippen LogP contribution in [-0.2, 0) is 0 Å². The summed E-state index contributed by atoms with van der Waals surface area (Å²) in [4.78, 5) is 8.66. The molecule has 0 aliphatic rings. The fraction of sp³-hybridized carbons (Fsp3) is 0.200.